The van der Waals surface area contributed by atoms with Crippen LogP contribution < -0.4 is 10.6 Å². The zero-order chi connectivity index (χ0) is 16.1. The number of fused-ring (bicyclic) bond motifs is 1. The highest BCUT2D eigenvalue weighted by Gasteiger charge is 2.49. The van der Waals surface area contributed by atoms with Gasteiger partial charge in [-0.25, -0.2) is 0 Å². The number of carbonyl (C=O) groups is 1. The molecule has 0 spiro atoms. The Morgan fingerprint density at radius 3 is 2.96 bits per heavy atom. The van der Waals surface area contributed by atoms with E-state index in [9.17, 15) is 4.79 Å². The van der Waals surface area contributed by atoms with Gasteiger partial charge in [0.05, 0.1) is 18.6 Å². The van der Waals surface area contributed by atoms with Crippen molar-refractivity contribution >= 4 is 18.3 Å². The fraction of sp³-hybridized carbons (Fsp3) is 0.632. The third-order valence-electron chi connectivity index (χ3n) is 5.35. The van der Waals surface area contributed by atoms with Crippen LogP contribution in [-0.2, 0) is 16.1 Å². The summed E-state index contributed by atoms with van der Waals surface area (Å²) < 4.78 is 5.75. The van der Waals surface area contributed by atoms with Gasteiger partial charge < -0.3 is 15.4 Å². The number of rotatable bonds is 6. The smallest absolute Gasteiger partial charge is 0.228 e. The van der Waals surface area contributed by atoms with E-state index in [0.717, 1.165) is 25.1 Å². The van der Waals surface area contributed by atoms with Gasteiger partial charge in [-0.15, -0.1) is 12.4 Å². The fourth-order valence-electron chi connectivity index (χ4n) is 4.03. The van der Waals surface area contributed by atoms with Crippen molar-refractivity contribution in [2.45, 2.75) is 45.3 Å². The maximum Gasteiger partial charge on any atom is 0.228 e. The first-order valence-electron chi connectivity index (χ1n) is 8.84. The van der Waals surface area contributed by atoms with Crippen molar-refractivity contribution in [3.05, 3.63) is 35.9 Å². The summed E-state index contributed by atoms with van der Waals surface area (Å²) in [4.78, 5) is 12.8. The normalized spacial score (nSPS) is 27.0. The standard InChI is InChI=1S/C19H28N2O2.ClH/c1-15(12-23-13-16-7-3-2-4-8-16)21-18(22)19-10-6-5-9-17(19)11-20-14-19;/h2-4,7-8,15,17,20H,5-6,9-14H2,1H3,(H,21,22);1H/t15?,17-,19+;/m0./s1. The first-order chi connectivity index (χ1) is 11.2. The van der Waals surface area contributed by atoms with Gasteiger partial charge in [-0.3, -0.25) is 4.79 Å². The largest absolute Gasteiger partial charge is 0.375 e. The van der Waals surface area contributed by atoms with Gasteiger partial charge in [0.25, 0.3) is 0 Å². The molecule has 0 aromatic heterocycles. The molecule has 2 aliphatic rings. The van der Waals surface area contributed by atoms with Crippen LogP contribution in [0, 0.1) is 11.3 Å². The predicted octanol–water partition coefficient (Wildman–Crippen LogP) is 2.91. The Morgan fingerprint density at radius 1 is 1.38 bits per heavy atom. The highest BCUT2D eigenvalue weighted by Crippen LogP contribution is 2.43. The molecule has 1 saturated carbocycles. The molecule has 1 aromatic carbocycles. The summed E-state index contributed by atoms with van der Waals surface area (Å²) in [7, 11) is 0. The zero-order valence-corrected chi connectivity index (χ0v) is 15.2. The second-order valence-electron chi connectivity index (χ2n) is 7.10. The molecule has 2 N–H and O–H groups in total. The lowest BCUT2D eigenvalue weighted by atomic mass is 9.67. The third kappa shape index (κ3) is 4.29. The molecule has 1 amide bonds. The van der Waals surface area contributed by atoms with Crippen LogP contribution in [0.4, 0.5) is 0 Å². The highest BCUT2D eigenvalue weighted by molar-refractivity contribution is 5.85. The monoisotopic (exact) mass is 352 g/mol. The van der Waals surface area contributed by atoms with Gasteiger partial charge in [-0.1, -0.05) is 43.2 Å². The fourth-order valence-corrected chi connectivity index (χ4v) is 4.03. The van der Waals surface area contributed by atoms with Crippen molar-refractivity contribution in [1.29, 1.82) is 0 Å². The van der Waals surface area contributed by atoms with Crippen molar-refractivity contribution in [3.8, 4) is 0 Å². The highest BCUT2D eigenvalue weighted by atomic mass is 35.5. The molecule has 0 radical (unpaired) electrons. The van der Waals surface area contributed by atoms with E-state index in [4.69, 9.17) is 4.74 Å². The van der Waals surface area contributed by atoms with Crippen LogP contribution in [0.2, 0.25) is 0 Å². The van der Waals surface area contributed by atoms with Crippen molar-refractivity contribution < 1.29 is 9.53 Å². The van der Waals surface area contributed by atoms with Gasteiger partial charge in [-0.05, 0) is 37.8 Å². The second-order valence-corrected chi connectivity index (χ2v) is 7.10. The van der Waals surface area contributed by atoms with Crippen molar-refractivity contribution in [1.82, 2.24) is 10.6 Å². The molecule has 3 rings (SSSR count). The van der Waals surface area contributed by atoms with E-state index in [0.29, 0.717) is 19.1 Å². The van der Waals surface area contributed by atoms with E-state index in [2.05, 4.69) is 22.8 Å². The lowest BCUT2D eigenvalue weighted by Crippen LogP contribution is -2.51. The lowest BCUT2D eigenvalue weighted by molar-refractivity contribution is -0.135. The van der Waals surface area contributed by atoms with Gasteiger partial charge in [-0.2, -0.15) is 0 Å². The van der Waals surface area contributed by atoms with Gasteiger partial charge in [0.2, 0.25) is 5.91 Å². The molecule has 0 bridgehead atoms. The Labute approximate surface area is 151 Å². The van der Waals surface area contributed by atoms with E-state index in [1.54, 1.807) is 0 Å². The van der Waals surface area contributed by atoms with Crippen molar-refractivity contribution in [2.75, 3.05) is 19.7 Å². The summed E-state index contributed by atoms with van der Waals surface area (Å²) in [5, 5.41) is 6.63. The van der Waals surface area contributed by atoms with Crippen LogP contribution >= 0.6 is 12.4 Å². The predicted molar refractivity (Wildman–Crippen MR) is 98.2 cm³/mol. The van der Waals surface area contributed by atoms with Crippen molar-refractivity contribution in [3.63, 3.8) is 0 Å². The first-order valence-corrected chi connectivity index (χ1v) is 8.84. The summed E-state index contributed by atoms with van der Waals surface area (Å²) in [6.45, 7) is 5.00. The molecule has 1 aliphatic carbocycles. The van der Waals surface area contributed by atoms with E-state index in [-0.39, 0.29) is 29.8 Å². The minimum absolute atomic E-state index is 0. The second kappa shape index (κ2) is 8.84. The number of carbonyl (C=O) groups excluding carboxylic acids is 1. The van der Waals surface area contributed by atoms with E-state index < -0.39 is 0 Å². The van der Waals surface area contributed by atoms with Crippen LogP contribution in [0.5, 0.6) is 0 Å². The quantitative estimate of drug-likeness (QED) is 0.827. The van der Waals surface area contributed by atoms with E-state index in [1.165, 1.54) is 19.3 Å². The number of ether oxygens (including phenoxy) is 1. The lowest BCUT2D eigenvalue weighted by Gasteiger charge is -2.37. The van der Waals surface area contributed by atoms with Gasteiger partial charge >= 0.3 is 0 Å². The molecule has 134 valence electrons. The van der Waals surface area contributed by atoms with E-state index in [1.807, 2.05) is 25.1 Å². The number of halogens is 1. The molecular formula is C19H29ClN2O2. The molecule has 2 fully saturated rings. The Kier molecular flexibility index (Phi) is 7.08. The molecule has 1 aromatic rings. The molecule has 1 saturated heterocycles. The topological polar surface area (TPSA) is 50.4 Å². The number of hydrogen-bond acceptors (Lipinski definition) is 3. The number of hydrogen-bond donors (Lipinski definition) is 2. The van der Waals surface area contributed by atoms with Crippen LogP contribution in [-0.4, -0.2) is 31.6 Å². The summed E-state index contributed by atoms with van der Waals surface area (Å²) in [6, 6.07) is 10.2. The number of nitrogens with one attached hydrogen (secondary N) is 2. The zero-order valence-electron chi connectivity index (χ0n) is 14.4. The molecule has 24 heavy (non-hydrogen) atoms. The molecular weight excluding hydrogens is 324 g/mol. The average molecular weight is 353 g/mol. The van der Waals surface area contributed by atoms with Crippen molar-refractivity contribution in [2.24, 2.45) is 11.3 Å². The minimum atomic E-state index is -0.175. The molecule has 1 aliphatic heterocycles. The van der Waals surface area contributed by atoms with Crippen LogP contribution in [0.1, 0.15) is 38.2 Å². The molecule has 4 nitrogen and oxygen atoms in total. The Morgan fingerprint density at radius 2 is 2.17 bits per heavy atom. The summed E-state index contributed by atoms with van der Waals surface area (Å²) in [6.07, 6.45) is 4.63. The SMILES string of the molecule is CC(COCc1ccccc1)NC(=O)[C@@]12CCCC[C@H]1CNC2.Cl. The van der Waals surface area contributed by atoms with E-state index >= 15 is 0 Å². The van der Waals surface area contributed by atoms with Crippen LogP contribution in [0.25, 0.3) is 0 Å². The molecule has 1 unspecified atom stereocenters. The average Bonchev–Trinajstić information content (AvgIpc) is 3.01. The minimum Gasteiger partial charge on any atom is -0.375 e. The van der Waals surface area contributed by atoms with Crippen LogP contribution in [0.15, 0.2) is 30.3 Å². The third-order valence-corrected chi connectivity index (χ3v) is 5.35. The van der Waals surface area contributed by atoms with Gasteiger partial charge in [0.15, 0.2) is 0 Å². The Balaban J connectivity index is 0.00000208. The van der Waals surface area contributed by atoms with Crippen LogP contribution in [0.3, 0.4) is 0 Å². The number of benzene rings is 1. The summed E-state index contributed by atoms with van der Waals surface area (Å²) in [5.41, 5.74) is 0.989. The number of amides is 1. The summed E-state index contributed by atoms with van der Waals surface area (Å²) >= 11 is 0. The van der Waals surface area contributed by atoms with Gasteiger partial charge in [0.1, 0.15) is 0 Å². The summed E-state index contributed by atoms with van der Waals surface area (Å²) in [5.74, 6) is 0.733. The first kappa shape index (κ1) is 19.2. The molecule has 3 atom stereocenters. The maximum absolute atomic E-state index is 12.8. The maximum atomic E-state index is 12.8. The van der Waals surface area contributed by atoms with Gasteiger partial charge in [0, 0.05) is 12.6 Å². The molecule has 1 heterocycles. The molecule has 5 heteroatoms. The Bertz CT molecular complexity index is 525. The Hall–Kier alpha value is -1.10.